The minimum atomic E-state index is -1.40. The molecule has 5 aromatic rings. The van der Waals surface area contributed by atoms with E-state index in [1.54, 1.807) is 20.8 Å². The molecule has 1 aliphatic rings. The Kier molecular flexibility index (Phi) is 10.8. The highest BCUT2D eigenvalue weighted by molar-refractivity contribution is 6.03. The number of hydrogen-bond acceptors (Lipinski definition) is 9. The molecule has 0 fully saturated rings. The van der Waals surface area contributed by atoms with Crippen LogP contribution in [0.4, 0.5) is 0 Å². The first-order valence-electron chi connectivity index (χ1n) is 17.4. The standard InChI is InChI=1S/C42H42N2O9/c1-26(31(30-19-20-35-36(22-30)51-25-50-35)13-7-10-16-37-43-33-14-8-9-15-34(33)52-37)44(24-27-17-18-28-11-5-6-12-29(28)21-27)40(48)39(47)32(23-38(45)46)41(49)53-42(2,3)4/h5-6,8-12,14-22,26,31,47H,7,13,23-25H2,1-4H3,(H,45,46)/b16-10+,39-32-. The summed E-state index contributed by atoms with van der Waals surface area (Å²) in [4.78, 5) is 45.6. The van der Waals surface area contributed by atoms with Gasteiger partial charge in [-0.15, -0.1) is 0 Å². The number of amides is 1. The first-order chi connectivity index (χ1) is 25.4. The number of carboxylic acids is 1. The molecular formula is C42H42N2O9. The molecule has 1 aliphatic heterocycles. The molecule has 4 aromatic carbocycles. The van der Waals surface area contributed by atoms with E-state index in [0.29, 0.717) is 35.8 Å². The largest absolute Gasteiger partial charge is 0.503 e. The van der Waals surface area contributed by atoms with E-state index in [4.69, 9.17) is 18.6 Å². The van der Waals surface area contributed by atoms with Gasteiger partial charge in [-0.25, -0.2) is 9.78 Å². The van der Waals surface area contributed by atoms with Gasteiger partial charge in [-0.3, -0.25) is 9.59 Å². The quantitative estimate of drug-likeness (QED) is 0.0691. The topological polar surface area (TPSA) is 149 Å². The van der Waals surface area contributed by atoms with Crippen molar-refractivity contribution in [3.8, 4) is 11.5 Å². The van der Waals surface area contributed by atoms with Gasteiger partial charge in [0.2, 0.25) is 12.7 Å². The fourth-order valence-corrected chi connectivity index (χ4v) is 6.41. The zero-order valence-corrected chi connectivity index (χ0v) is 30.1. The lowest BCUT2D eigenvalue weighted by Crippen LogP contribution is -2.43. The van der Waals surface area contributed by atoms with Crippen LogP contribution in [-0.4, -0.2) is 56.4 Å². The number of carbonyl (C=O) groups excluding carboxylic acids is 2. The summed E-state index contributed by atoms with van der Waals surface area (Å²) in [6.07, 6.45) is 3.96. The number of para-hydroxylation sites is 2. The number of fused-ring (bicyclic) bond motifs is 3. The number of oxazole rings is 1. The molecule has 6 rings (SSSR count). The van der Waals surface area contributed by atoms with Crippen LogP contribution < -0.4 is 9.47 Å². The maximum Gasteiger partial charge on any atom is 0.339 e. The highest BCUT2D eigenvalue weighted by atomic mass is 16.7. The SMILES string of the molecule is CC(C(CC/C=C/c1nc2ccccc2o1)c1ccc2c(c1)OCO2)N(Cc1ccc2ccccc2c1)C(=O)/C(O)=C(\CC(=O)O)C(=O)OC(C)(C)C. The average Bonchev–Trinajstić information content (AvgIpc) is 3.77. The number of esters is 1. The molecule has 0 radical (unpaired) electrons. The molecule has 0 saturated heterocycles. The minimum absolute atomic E-state index is 0.0450. The number of ether oxygens (including phenoxy) is 3. The lowest BCUT2D eigenvalue weighted by Gasteiger charge is -2.35. The number of carboxylic acid groups (broad SMARTS) is 1. The molecule has 0 saturated carbocycles. The lowest BCUT2D eigenvalue weighted by atomic mass is 9.86. The van der Waals surface area contributed by atoms with Crippen molar-refractivity contribution in [2.45, 2.75) is 71.1 Å². The smallest absolute Gasteiger partial charge is 0.339 e. The minimum Gasteiger partial charge on any atom is -0.503 e. The molecule has 0 spiro atoms. The molecule has 0 aliphatic carbocycles. The van der Waals surface area contributed by atoms with Crippen molar-refractivity contribution in [3.63, 3.8) is 0 Å². The van der Waals surface area contributed by atoms with Crippen LogP contribution in [0.5, 0.6) is 11.5 Å². The van der Waals surface area contributed by atoms with Crippen LogP contribution >= 0.6 is 0 Å². The summed E-state index contributed by atoms with van der Waals surface area (Å²) in [7, 11) is 0. The summed E-state index contributed by atoms with van der Waals surface area (Å²) in [6.45, 7) is 6.86. The Balaban J connectivity index is 1.38. The zero-order chi connectivity index (χ0) is 37.7. The van der Waals surface area contributed by atoms with Crippen LogP contribution in [0, 0.1) is 0 Å². The summed E-state index contributed by atoms with van der Waals surface area (Å²) < 4.78 is 22.6. The Bertz CT molecular complexity index is 2180. The predicted octanol–water partition coefficient (Wildman–Crippen LogP) is 8.33. The van der Waals surface area contributed by atoms with Crippen molar-refractivity contribution in [2.24, 2.45) is 0 Å². The molecule has 0 bridgehead atoms. The van der Waals surface area contributed by atoms with Gasteiger partial charge in [0.1, 0.15) is 11.1 Å². The number of aliphatic hydroxyl groups excluding tert-OH is 1. The van der Waals surface area contributed by atoms with Crippen LogP contribution in [0.1, 0.15) is 69.9 Å². The molecule has 2 N–H and O–H groups in total. The highest BCUT2D eigenvalue weighted by Crippen LogP contribution is 2.38. The highest BCUT2D eigenvalue weighted by Gasteiger charge is 2.35. The summed E-state index contributed by atoms with van der Waals surface area (Å²) in [5.74, 6) is -3.05. The second kappa shape index (κ2) is 15.6. The Morgan fingerprint density at radius 3 is 2.42 bits per heavy atom. The van der Waals surface area contributed by atoms with Crippen LogP contribution in [0.3, 0.4) is 0 Å². The van der Waals surface area contributed by atoms with Gasteiger partial charge in [-0.1, -0.05) is 60.7 Å². The van der Waals surface area contributed by atoms with Crippen molar-refractivity contribution in [1.82, 2.24) is 9.88 Å². The molecule has 274 valence electrons. The van der Waals surface area contributed by atoms with Crippen molar-refractivity contribution >= 4 is 45.8 Å². The third-order valence-corrected chi connectivity index (χ3v) is 9.00. The van der Waals surface area contributed by atoms with E-state index in [0.717, 1.165) is 27.4 Å². The van der Waals surface area contributed by atoms with Gasteiger partial charge < -0.3 is 33.7 Å². The summed E-state index contributed by atoms with van der Waals surface area (Å²) in [5.41, 5.74) is 1.43. The fourth-order valence-electron chi connectivity index (χ4n) is 6.41. The van der Waals surface area contributed by atoms with Crippen molar-refractivity contribution in [2.75, 3.05) is 6.79 Å². The normalized spacial score (nSPS) is 14.3. The average molecular weight is 719 g/mol. The Morgan fingerprint density at radius 2 is 1.66 bits per heavy atom. The van der Waals surface area contributed by atoms with Gasteiger partial charge in [0.15, 0.2) is 22.8 Å². The van der Waals surface area contributed by atoms with Gasteiger partial charge in [0.05, 0.1) is 12.0 Å². The molecule has 1 amide bonds. The van der Waals surface area contributed by atoms with Crippen LogP contribution in [0.2, 0.25) is 0 Å². The number of allylic oxidation sites excluding steroid dienone is 1. The Labute approximate surface area is 307 Å². The predicted molar refractivity (Wildman–Crippen MR) is 199 cm³/mol. The summed E-state index contributed by atoms with van der Waals surface area (Å²) in [5, 5.41) is 23.2. The van der Waals surface area contributed by atoms with E-state index in [-0.39, 0.29) is 19.3 Å². The third-order valence-electron chi connectivity index (χ3n) is 9.00. The van der Waals surface area contributed by atoms with Gasteiger partial charge in [-0.2, -0.15) is 0 Å². The number of rotatable bonds is 13. The molecule has 53 heavy (non-hydrogen) atoms. The van der Waals surface area contributed by atoms with Gasteiger partial charge in [0.25, 0.3) is 5.91 Å². The molecule has 1 aromatic heterocycles. The van der Waals surface area contributed by atoms with Gasteiger partial charge >= 0.3 is 11.9 Å². The van der Waals surface area contributed by atoms with E-state index in [1.807, 2.05) is 104 Å². The Morgan fingerprint density at radius 1 is 0.925 bits per heavy atom. The first-order valence-corrected chi connectivity index (χ1v) is 17.4. The molecule has 2 atom stereocenters. The maximum atomic E-state index is 14.5. The summed E-state index contributed by atoms with van der Waals surface area (Å²) >= 11 is 0. The molecular weight excluding hydrogens is 676 g/mol. The number of benzene rings is 4. The maximum absolute atomic E-state index is 14.5. The van der Waals surface area contributed by atoms with Crippen molar-refractivity contribution in [3.05, 3.63) is 119 Å². The second-order valence-corrected chi connectivity index (χ2v) is 14.0. The van der Waals surface area contributed by atoms with E-state index in [2.05, 4.69) is 4.98 Å². The molecule has 2 heterocycles. The van der Waals surface area contributed by atoms with E-state index >= 15 is 0 Å². The number of aromatic nitrogens is 1. The van der Waals surface area contributed by atoms with E-state index in [1.165, 1.54) is 4.90 Å². The molecule has 11 nitrogen and oxygen atoms in total. The van der Waals surface area contributed by atoms with Crippen LogP contribution in [0.15, 0.2) is 107 Å². The van der Waals surface area contributed by atoms with Crippen LogP contribution in [-0.2, 0) is 25.7 Å². The van der Waals surface area contributed by atoms with E-state index < -0.39 is 47.2 Å². The summed E-state index contributed by atoms with van der Waals surface area (Å²) in [6, 6.07) is 26.2. The third kappa shape index (κ3) is 8.86. The fraction of sp³-hybridized carbons (Fsp3) is 0.286. The van der Waals surface area contributed by atoms with Gasteiger partial charge in [0, 0.05) is 18.5 Å². The monoisotopic (exact) mass is 718 g/mol. The van der Waals surface area contributed by atoms with Crippen molar-refractivity contribution in [1.29, 1.82) is 0 Å². The van der Waals surface area contributed by atoms with E-state index in [9.17, 15) is 24.6 Å². The zero-order valence-electron chi connectivity index (χ0n) is 30.1. The number of aliphatic carboxylic acids is 1. The number of hydrogen-bond donors (Lipinski definition) is 2. The lowest BCUT2D eigenvalue weighted by molar-refractivity contribution is -0.152. The first kappa shape index (κ1) is 36.7. The van der Waals surface area contributed by atoms with Gasteiger partial charge in [-0.05, 0) is 98.8 Å². The number of nitrogens with zero attached hydrogens (tertiary/aromatic N) is 2. The molecule has 11 heteroatoms. The van der Waals surface area contributed by atoms with Crippen LogP contribution in [0.25, 0.3) is 27.9 Å². The van der Waals surface area contributed by atoms with Crippen molar-refractivity contribution < 1.29 is 43.2 Å². The number of aliphatic hydroxyl groups is 1. The number of carbonyl (C=O) groups is 3. The molecule has 2 unspecified atom stereocenters. The second-order valence-electron chi connectivity index (χ2n) is 14.0. The Hall–Kier alpha value is -6.10.